The normalized spacial score (nSPS) is 12.1. The van der Waals surface area contributed by atoms with Crippen LogP contribution in [0.1, 0.15) is 11.2 Å². The fourth-order valence-corrected chi connectivity index (χ4v) is 1.37. The summed E-state index contributed by atoms with van der Waals surface area (Å²) in [6, 6.07) is 0. The van der Waals surface area contributed by atoms with Crippen molar-refractivity contribution in [1.82, 2.24) is 9.36 Å². The summed E-state index contributed by atoms with van der Waals surface area (Å²) in [7, 11) is 0. The molecule has 7 heteroatoms. The van der Waals surface area contributed by atoms with Gasteiger partial charge in [-0.25, -0.2) is 0 Å². The molecule has 1 heterocycles. The molecule has 13 heavy (non-hydrogen) atoms. The molecule has 1 rings (SSSR count). The Kier molecular flexibility index (Phi) is 3.21. The molecule has 1 unspecified atom stereocenters. The van der Waals surface area contributed by atoms with Crippen molar-refractivity contribution in [2.24, 2.45) is 16.5 Å². The highest BCUT2D eigenvalue weighted by Gasteiger charge is 2.09. The van der Waals surface area contributed by atoms with Gasteiger partial charge in [-0.05, 0) is 0 Å². The molecule has 1 aromatic heterocycles. The fourth-order valence-electron chi connectivity index (χ4n) is 0.600. The van der Waals surface area contributed by atoms with Crippen molar-refractivity contribution in [3.05, 3.63) is 18.5 Å². The quantitative estimate of drug-likeness (QED) is 0.341. The number of halogens is 1. The van der Waals surface area contributed by atoms with E-state index >= 15 is 0 Å². The number of hydrogen-bond acceptors (Lipinski definition) is 4. The van der Waals surface area contributed by atoms with Crippen molar-refractivity contribution in [1.29, 1.82) is 0 Å². The Balaban J connectivity index is 2.86. The third-order valence-corrected chi connectivity index (χ3v) is 2.11. The summed E-state index contributed by atoms with van der Waals surface area (Å²) in [5.74, 6) is 0.411. The van der Waals surface area contributed by atoms with Crippen LogP contribution in [0.4, 0.5) is 5.13 Å². The van der Waals surface area contributed by atoms with Crippen molar-refractivity contribution >= 4 is 34.2 Å². The number of guanidine groups is 1. The first-order valence-electron chi connectivity index (χ1n) is 3.33. The van der Waals surface area contributed by atoms with Gasteiger partial charge < -0.3 is 11.5 Å². The van der Waals surface area contributed by atoms with E-state index in [4.69, 9.17) is 23.1 Å². The van der Waals surface area contributed by atoms with Gasteiger partial charge in [0.1, 0.15) is 5.38 Å². The Morgan fingerprint density at radius 1 is 1.69 bits per heavy atom. The molecule has 0 aromatic carbocycles. The molecule has 0 bridgehead atoms. The number of alkyl halides is 1. The zero-order valence-electron chi connectivity index (χ0n) is 6.64. The minimum absolute atomic E-state index is 0.0487. The topological polar surface area (TPSA) is 90.2 Å². The van der Waals surface area contributed by atoms with E-state index in [2.05, 4.69) is 20.9 Å². The summed E-state index contributed by atoms with van der Waals surface area (Å²) in [5, 5.41) is -0.0123. The molecule has 0 saturated carbocycles. The van der Waals surface area contributed by atoms with E-state index in [0.29, 0.717) is 11.0 Å². The molecule has 0 aliphatic heterocycles. The van der Waals surface area contributed by atoms with Crippen LogP contribution in [-0.2, 0) is 0 Å². The molecule has 0 aliphatic carbocycles. The lowest BCUT2D eigenvalue weighted by Crippen LogP contribution is -2.21. The lowest BCUT2D eigenvalue weighted by atomic mass is 10.4. The van der Waals surface area contributed by atoms with Crippen LogP contribution in [0.5, 0.6) is 0 Å². The molecular weight excluding hydrogens is 210 g/mol. The molecule has 1 atom stereocenters. The molecule has 0 fully saturated rings. The van der Waals surface area contributed by atoms with Crippen LogP contribution >= 0.6 is 23.1 Å². The minimum atomic E-state index is -0.404. The largest absolute Gasteiger partial charge is 0.370 e. The van der Waals surface area contributed by atoms with Crippen LogP contribution in [0.2, 0.25) is 0 Å². The second kappa shape index (κ2) is 4.20. The van der Waals surface area contributed by atoms with Crippen molar-refractivity contribution in [3.8, 4) is 0 Å². The Morgan fingerprint density at radius 3 is 2.92 bits per heavy atom. The molecule has 0 saturated heterocycles. The second-order valence-electron chi connectivity index (χ2n) is 2.11. The van der Waals surface area contributed by atoms with E-state index in [9.17, 15) is 0 Å². The summed E-state index contributed by atoms with van der Waals surface area (Å²) >= 11 is 6.87. The Labute approximate surface area is 84.3 Å². The van der Waals surface area contributed by atoms with Gasteiger partial charge >= 0.3 is 0 Å². The molecule has 4 N–H and O–H groups in total. The first-order valence-corrected chi connectivity index (χ1v) is 4.54. The zero-order valence-corrected chi connectivity index (χ0v) is 8.22. The van der Waals surface area contributed by atoms with E-state index in [0.717, 1.165) is 11.5 Å². The van der Waals surface area contributed by atoms with Gasteiger partial charge in [0.05, 0.1) is 0 Å². The van der Waals surface area contributed by atoms with Crippen LogP contribution in [0, 0.1) is 0 Å². The number of hydrogen-bond donors (Lipinski definition) is 2. The van der Waals surface area contributed by atoms with Crippen molar-refractivity contribution in [2.45, 2.75) is 5.38 Å². The summed E-state index contributed by atoms with van der Waals surface area (Å²) in [5.41, 5.74) is 10.3. The molecular formula is C6H8ClN5S. The summed E-state index contributed by atoms with van der Waals surface area (Å²) in [4.78, 5) is 7.70. The fraction of sp³-hybridized carbons (Fsp3) is 0.167. The van der Waals surface area contributed by atoms with Crippen LogP contribution in [0.25, 0.3) is 0 Å². The number of allylic oxidation sites excluding steroid dienone is 1. The van der Waals surface area contributed by atoms with Gasteiger partial charge in [0, 0.05) is 11.5 Å². The van der Waals surface area contributed by atoms with Crippen molar-refractivity contribution in [2.75, 3.05) is 0 Å². The van der Waals surface area contributed by atoms with Crippen molar-refractivity contribution < 1.29 is 0 Å². The predicted octanol–water partition coefficient (Wildman–Crippen LogP) is 0.909. The Morgan fingerprint density at radius 2 is 2.38 bits per heavy atom. The second-order valence-corrected chi connectivity index (χ2v) is 3.31. The monoisotopic (exact) mass is 217 g/mol. The highest BCUT2D eigenvalue weighted by Crippen LogP contribution is 2.23. The van der Waals surface area contributed by atoms with Crippen LogP contribution in [0.15, 0.2) is 17.6 Å². The molecule has 0 radical (unpaired) electrons. The van der Waals surface area contributed by atoms with E-state index in [1.807, 2.05) is 0 Å². The Hall–Kier alpha value is -1.14. The van der Waals surface area contributed by atoms with Gasteiger partial charge in [0.25, 0.3) is 0 Å². The van der Waals surface area contributed by atoms with Gasteiger partial charge in [-0.1, -0.05) is 6.08 Å². The molecule has 5 nitrogen and oxygen atoms in total. The molecule has 0 spiro atoms. The molecule has 1 aromatic rings. The van der Waals surface area contributed by atoms with Gasteiger partial charge in [-0.2, -0.15) is 14.3 Å². The molecule has 70 valence electrons. The number of nitrogens with zero attached hydrogens (tertiary/aromatic N) is 3. The molecule has 0 aliphatic rings. The summed E-state index contributed by atoms with van der Waals surface area (Å²) in [6.45, 7) is 3.51. The highest BCUT2D eigenvalue weighted by molar-refractivity contribution is 7.09. The molecule has 0 amide bonds. The smallest absolute Gasteiger partial charge is 0.232 e. The maximum atomic E-state index is 5.79. The highest BCUT2D eigenvalue weighted by atomic mass is 35.5. The number of aliphatic imine (C=N–C) groups is 1. The maximum absolute atomic E-state index is 5.79. The minimum Gasteiger partial charge on any atom is -0.370 e. The third-order valence-electron chi connectivity index (χ3n) is 1.11. The first kappa shape index (κ1) is 9.94. The zero-order chi connectivity index (χ0) is 9.84. The van der Waals surface area contributed by atoms with Gasteiger partial charge in [-0.3, -0.25) is 0 Å². The average molecular weight is 218 g/mol. The summed E-state index contributed by atoms with van der Waals surface area (Å²) < 4.78 is 3.95. The lowest BCUT2D eigenvalue weighted by molar-refractivity contribution is 1.04. The maximum Gasteiger partial charge on any atom is 0.232 e. The van der Waals surface area contributed by atoms with Crippen LogP contribution < -0.4 is 11.5 Å². The van der Waals surface area contributed by atoms with E-state index in [1.54, 1.807) is 0 Å². The summed E-state index contributed by atoms with van der Waals surface area (Å²) in [6.07, 6.45) is 1.53. The van der Waals surface area contributed by atoms with Crippen molar-refractivity contribution in [3.63, 3.8) is 0 Å². The predicted molar refractivity (Wildman–Crippen MR) is 54.2 cm³/mol. The van der Waals surface area contributed by atoms with Gasteiger partial charge in [0.2, 0.25) is 5.13 Å². The van der Waals surface area contributed by atoms with Crippen LogP contribution in [0.3, 0.4) is 0 Å². The van der Waals surface area contributed by atoms with E-state index in [1.165, 1.54) is 6.08 Å². The number of nitrogens with two attached hydrogens (primary N) is 2. The SMILES string of the molecule is C=CC(Cl)c1nsc(N=C(N)N)n1. The number of rotatable bonds is 3. The average Bonchev–Trinajstić information content (AvgIpc) is 2.50. The van der Waals surface area contributed by atoms with E-state index in [-0.39, 0.29) is 5.96 Å². The van der Waals surface area contributed by atoms with Crippen LogP contribution in [-0.4, -0.2) is 15.3 Å². The van der Waals surface area contributed by atoms with E-state index < -0.39 is 5.38 Å². The standard InChI is InChI=1S/C6H8ClN5S/c1-2-3(7)4-10-6(13-12-4)11-5(8)9/h2-3H,1H2,(H4,8,9,10,11,12). The third kappa shape index (κ3) is 2.67. The Bertz CT molecular complexity index is 330. The lowest BCUT2D eigenvalue weighted by Gasteiger charge is -1.93. The van der Waals surface area contributed by atoms with Gasteiger partial charge in [0.15, 0.2) is 11.8 Å². The van der Waals surface area contributed by atoms with Gasteiger partial charge in [-0.15, -0.1) is 18.2 Å². The number of aromatic nitrogens is 2. The first-order chi connectivity index (χ1) is 6.13.